The summed E-state index contributed by atoms with van der Waals surface area (Å²) in [6.45, 7) is 4.31. The van der Waals surface area contributed by atoms with Gasteiger partial charge in [0.05, 0.1) is 0 Å². The summed E-state index contributed by atoms with van der Waals surface area (Å²) in [5.74, 6) is 0.866. The molecule has 0 aliphatic rings. The number of hydrogen-bond donors (Lipinski definition) is 3. The van der Waals surface area contributed by atoms with Crippen molar-refractivity contribution in [3.63, 3.8) is 0 Å². The van der Waals surface area contributed by atoms with Gasteiger partial charge in [-0.05, 0) is 30.2 Å². The number of aliphatic hydroxyl groups is 1. The zero-order valence-corrected chi connectivity index (χ0v) is 9.69. The molecule has 0 aromatic rings. The second kappa shape index (κ2) is 6.95. The van der Waals surface area contributed by atoms with Crippen molar-refractivity contribution in [2.24, 2.45) is 11.1 Å². The summed E-state index contributed by atoms with van der Waals surface area (Å²) < 4.78 is 2.46. The molecule has 0 unspecified atom stereocenters. The van der Waals surface area contributed by atoms with Gasteiger partial charge >= 0.3 is 6.03 Å². The zero-order chi connectivity index (χ0) is 11.0. The average Bonchev–Trinajstić information content (AvgIpc) is 2.10. The lowest BCUT2D eigenvalue weighted by molar-refractivity contribution is 0.148. The summed E-state index contributed by atoms with van der Waals surface area (Å²) in [6, 6.07) is -0.495. The Bertz CT molecular complexity index is 174. The molecule has 0 rings (SSSR count). The lowest BCUT2D eigenvalue weighted by Gasteiger charge is -2.20. The number of primary amides is 1. The van der Waals surface area contributed by atoms with Gasteiger partial charge in [-0.1, -0.05) is 20.3 Å². The Morgan fingerprint density at radius 1 is 1.50 bits per heavy atom. The Hall–Kier alpha value is -0.420. The summed E-state index contributed by atoms with van der Waals surface area (Å²) in [5, 5.41) is 8.99. The van der Waals surface area contributed by atoms with Crippen LogP contribution in [0.25, 0.3) is 0 Å². The summed E-state index contributed by atoms with van der Waals surface area (Å²) in [7, 11) is 0. The van der Waals surface area contributed by atoms with Gasteiger partial charge < -0.3 is 10.8 Å². The van der Waals surface area contributed by atoms with E-state index in [4.69, 9.17) is 10.8 Å². The van der Waals surface area contributed by atoms with Crippen LogP contribution in [-0.2, 0) is 0 Å². The van der Waals surface area contributed by atoms with Crippen LogP contribution in [0.15, 0.2) is 0 Å². The molecule has 0 aromatic carbocycles. The van der Waals surface area contributed by atoms with Gasteiger partial charge in [-0.15, -0.1) is 0 Å². The molecule has 14 heavy (non-hydrogen) atoms. The maximum Gasteiger partial charge on any atom is 0.322 e. The van der Waals surface area contributed by atoms with Crippen molar-refractivity contribution in [3.05, 3.63) is 0 Å². The second-order valence-electron chi connectivity index (χ2n) is 4.09. The molecule has 0 saturated heterocycles. The molecule has 0 aliphatic carbocycles. The fourth-order valence-corrected chi connectivity index (χ4v) is 1.57. The Morgan fingerprint density at radius 2 is 2.14 bits per heavy atom. The van der Waals surface area contributed by atoms with Crippen molar-refractivity contribution in [1.82, 2.24) is 4.72 Å². The normalized spacial score (nSPS) is 11.4. The predicted molar refractivity (Wildman–Crippen MR) is 59.9 cm³/mol. The van der Waals surface area contributed by atoms with Gasteiger partial charge in [0.2, 0.25) is 0 Å². The molecule has 0 fully saturated rings. The molecule has 0 atom stereocenters. The highest BCUT2D eigenvalue weighted by molar-refractivity contribution is 7.97. The number of amides is 2. The minimum Gasteiger partial charge on any atom is -0.396 e. The minimum atomic E-state index is -0.495. The monoisotopic (exact) mass is 220 g/mol. The van der Waals surface area contributed by atoms with Crippen LogP contribution in [0, 0.1) is 5.41 Å². The van der Waals surface area contributed by atoms with Gasteiger partial charge in [0.1, 0.15) is 0 Å². The van der Waals surface area contributed by atoms with E-state index in [2.05, 4.69) is 4.72 Å². The third kappa shape index (κ3) is 8.19. The SMILES string of the molecule is CC(C)(CO)CCCCSNC(N)=O. The van der Waals surface area contributed by atoms with Gasteiger partial charge in [-0.25, -0.2) is 4.79 Å². The lowest BCUT2D eigenvalue weighted by atomic mass is 9.88. The predicted octanol–water partition coefficient (Wildman–Crippen LogP) is 1.49. The Labute approximate surface area is 89.8 Å². The molecular formula is C9H20N2O2S. The highest BCUT2D eigenvalue weighted by Gasteiger charge is 2.15. The molecule has 5 heteroatoms. The first kappa shape index (κ1) is 13.6. The number of aliphatic hydroxyl groups excluding tert-OH is 1. The Morgan fingerprint density at radius 3 is 2.64 bits per heavy atom. The van der Waals surface area contributed by atoms with Gasteiger partial charge in [0.25, 0.3) is 0 Å². The first-order valence-corrected chi connectivity index (χ1v) is 5.74. The molecular weight excluding hydrogens is 200 g/mol. The van der Waals surface area contributed by atoms with Gasteiger partial charge in [0, 0.05) is 12.4 Å². The summed E-state index contributed by atoms with van der Waals surface area (Å²) in [4.78, 5) is 10.3. The molecule has 0 radical (unpaired) electrons. The van der Waals surface area contributed by atoms with Crippen molar-refractivity contribution < 1.29 is 9.90 Å². The van der Waals surface area contributed by atoms with E-state index in [1.54, 1.807) is 0 Å². The van der Waals surface area contributed by atoms with E-state index in [9.17, 15) is 4.79 Å². The van der Waals surface area contributed by atoms with Crippen molar-refractivity contribution in [3.8, 4) is 0 Å². The number of unbranched alkanes of at least 4 members (excludes halogenated alkanes) is 1. The molecule has 0 aliphatic heterocycles. The smallest absolute Gasteiger partial charge is 0.322 e. The number of carbonyl (C=O) groups is 1. The molecule has 2 amide bonds. The van der Waals surface area contributed by atoms with Gasteiger partial charge in [-0.3, -0.25) is 4.72 Å². The number of urea groups is 1. The average molecular weight is 220 g/mol. The summed E-state index contributed by atoms with van der Waals surface area (Å²) >= 11 is 1.33. The van der Waals surface area contributed by atoms with Crippen molar-refractivity contribution in [1.29, 1.82) is 0 Å². The van der Waals surface area contributed by atoms with Gasteiger partial charge in [-0.2, -0.15) is 0 Å². The van der Waals surface area contributed by atoms with Crippen molar-refractivity contribution in [2.45, 2.75) is 33.1 Å². The van der Waals surface area contributed by atoms with E-state index < -0.39 is 6.03 Å². The molecule has 0 bridgehead atoms. The third-order valence-electron chi connectivity index (χ3n) is 1.95. The highest BCUT2D eigenvalue weighted by atomic mass is 32.2. The van der Waals surface area contributed by atoms with Crippen LogP contribution in [-0.4, -0.2) is 23.5 Å². The molecule has 84 valence electrons. The summed E-state index contributed by atoms with van der Waals surface area (Å²) in [5.41, 5.74) is 4.91. The zero-order valence-electron chi connectivity index (χ0n) is 8.88. The topological polar surface area (TPSA) is 75.3 Å². The van der Waals surface area contributed by atoms with Crippen LogP contribution >= 0.6 is 11.9 Å². The number of rotatable bonds is 7. The summed E-state index contributed by atoms with van der Waals surface area (Å²) in [6.07, 6.45) is 3.08. The maximum absolute atomic E-state index is 10.3. The molecule has 0 aromatic heterocycles. The largest absolute Gasteiger partial charge is 0.396 e. The van der Waals surface area contributed by atoms with E-state index >= 15 is 0 Å². The Kier molecular flexibility index (Phi) is 6.74. The van der Waals surface area contributed by atoms with Crippen LogP contribution < -0.4 is 10.5 Å². The minimum absolute atomic E-state index is 0.0157. The highest BCUT2D eigenvalue weighted by Crippen LogP contribution is 2.22. The van der Waals surface area contributed by atoms with Crippen LogP contribution in [0.4, 0.5) is 4.79 Å². The quantitative estimate of drug-likeness (QED) is 0.449. The number of nitrogens with two attached hydrogens (primary N) is 1. The second-order valence-corrected chi connectivity index (χ2v) is 5.00. The van der Waals surface area contributed by atoms with E-state index in [1.165, 1.54) is 11.9 Å². The van der Waals surface area contributed by atoms with Crippen LogP contribution in [0.3, 0.4) is 0 Å². The number of hydrogen-bond acceptors (Lipinski definition) is 3. The molecule has 0 saturated carbocycles. The van der Waals surface area contributed by atoms with Crippen LogP contribution in [0.2, 0.25) is 0 Å². The maximum atomic E-state index is 10.3. The van der Waals surface area contributed by atoms with E-state index in [0.29, 0.717) is 0 Å². The lowest BCUT2D eigenvalue weighted by Crippen LogP contribution is -2.23. The van der Waals surface area contributed by atoms with Crippen LogP contribution in [0.5, 0.6) is 0 Å². The fraction of sp³-hybridized carbons (Fsp3) is 0.889. The van der Waals surface area contributed by atoms with Crippen LogP contribution in [0.1, 0.15) is 33.1 Å². The first-order chi connectivity index (χ1) is 6.48. The van der Waals surface area contributed by atoms with E-state index in [1.807, 2.05) is 13.8 Å². The standard InChI is InChI=1S/C9H20N2O2S/c1-9(2,7-12)5-3-4-6-14-11-8(10)13/h12H,3-7H2,1-2H3,(H3,10,11,13). The first-order valence-electron chi connectivity index (χ1n) is 4.76. The van der Waals surface area contributed by atoms with Gasteiger partial charge in [0.15, 0.2) is 0 Å². The number of carbonyl (C=O) groups excluding carboxylic acids is 1. The molecule has 0 heterocycles. The Balaban J connectivity index is 3.25. The fourth-order valence-electron chi connectivity index (χ4n) is 0.979. The van der Waals surface area contributed by atoms with E-state index in [0.717, 1.165) is 25.0 Å². The van der Waals surface area contributed by atoms with E-state index in [-0.39, 0.29) is 12.0 Å². The third-order valence-corrected chi connectivity index (χ3v) is 2.79. The van der Waals surface area contributed by atoms with Crippen molar-refractivity contribution >= 4 is 18.0 Å². The molecule has 0 spiro atoms. The number of nitrogens with one attached hydrogen (secondary N) is 1. The molecule has 4 nitrogen and oxygen atoms in total. The van der Waals surface area contributed by atoms with Crippen molar-refractivity contribution in [2.75, 3.05) is 12.4 Å². The molecule has 4 N–H and O–H groups in total.